The summed E-state index contributed by atoms with van der Waals surface area (Å²) in [6.07, 6.45) is 0.667. The lowest BCUT2D eigenvalue weighted by atomic mass is 10.7. The molecular formula is C4H6N3O3-. The summed E-state index contributed by atoms with van der Waals surface area (Å²) in [5.41, 5.74) is 0. The highest BCUT2D eigenvalue weighted by atomic mass is 16.6. The molecular weight excluding hydrogens is 138 g/mol. The Morgan fingerprint density at radius 3 is 2.90 bits per heavy atom. The summed E-state index contributed by atoms with van der Waals surface area (Å²) in [5.74, 6) is 0.0324. The van der Waals surface area contributed by atoms with Crippen LogP contribution in [0.1, 0.15) is 0 Å². The Morgan fingerprint density at radius 1 is 1.80 bits per heavy atom. The van der Waals surface area contributed by atoms with Gasteiger partial charge < -0.3 is 15.6 Å². The Morgan fingerprint density at radius 2 is 2.50 bits per heavy atom. The molecule has 0 aromatic heterocycles. The zero-order valence-corrected chi connectivity index (χ0v) is 5.11. The highest BCUT2D eigenvalue weighted by Gasteiger charge is 2.10. The Kier molecular flexibility index (Phi) is 1.72. The van der Waals surface area contributed by atoms with Crippen LogP contribution in [0.5, 0.6) is 0 Å². The third-order valence-electron chi connectivity index (χ3n) is 1.12. The molecule has 0 aromatic rings. The van der Waals surface area contributed by atoms with Crippen molar-refractivity contribution in [3.05, 3.63) is 27.3 Å². The SMILES string of the molecule is O=[N+]([O-])C=C1NCCN1[O-]. The van der Waals surface area contributed by atoms with Crippen LogP contribution in [0, 0.1) is 15.3 Å². The molecule has 1 aliphatic rings. The third kappa shape index (κ3) is 1.35. The predicted molar refractivity (Wildman–Crippen MR) is 33.2 cm³/mol. The van der Waals surface area contributed by atoms with Crippen LogP contribution in [-0.4, -0.2) is 23.1 Å². The van der Waals surface area contributed by atoms with E-state index in [2.05, 4.69) is 5.32 Å². The van der Waals surface area contributed by atoms with Gasteiger partial charge in [0.2, 0.25) is 0 Å². The lowest BCUT2D eigenvalue weighted by Crippen LogP contribution is -2.13. The lowest BCUT2D eigenvalue weighted by Gasteiger charge is -2.21. The summed E-state index contributed by atoms with van der Waals surface area (Å²) in [4.78, 5) is 9.17. The van der Waals surface area contributed by atoms with Gasteiger partial charge in [-0.25, -0.2) is 0 Å². The average Bonchev–Trinajstić information content (AvgIpc) is 2.15. The van der Waals surface area contributed by atoms with Crippen LogP contribution in [-0.2, 0) is 0 Å². The first kappa shape index (κ1) is 6.81. The van der Waals surface area contributed by atoms with E-state index in [9.17, 15) is 15.3 Å². The molecule has 56 valence electrons. The number of rotatable bonds is 1. The van der Waals surface area contributed by atoms with Gasteiger partial charge in [-0.2, -0.15) is 0 Å². The van der Waals surface area contributed by atoms with Gasteiger partial charge in [0.1, 0.15) is 0 Å². The van der Waals surface area contributed by atoms with E-state index >= 15 is 0 Å². The van der Waals surface area contributed by atoms with Crippen molar-refractivity contribution in [2.75, 3.05) is 13.1 Å². The summed E-state index contributed by atoms with van der Waals surface area (Å²) < 4.78 is 0. The quantitative estimate of drug-likeness (QED) is 0.395. The van der Waals surface area contributed by atoms with Crippen LogP contribution in [0.4, 0.5) is 0 Å². The molecule has 1 rings (SSSR count). The first-order valence-electron chi connectivity index (χ1n) is 2.74. The molecule has 10 heavy (non-hydrogen) atoms. The van der Waals surface area contributed by atoms with Crippen molar-refractivity contribution >= 4 is 0 Å². The van der Waals surface area contributed by atoms with Gasteiger partial charge in [-0.15, -0.1) is 0 Å². The Bertz CT molecular complexity index is 179. The monoisotopic (exact) mass is 144 g/mol. The maximum Gasteiger partial charge on any atom is 0.273 e. The molecule has 0 radical (unpaired) electrons. The Labute approximate surface area is 56.8 Å². The average molecular weight is 144 g/mol. The number of nitrogens with one attached hydrogen (secondary N) is 1. The van der Waals surface area contributed by atoms with E-state index in [0.29, 0.717) is 17.8 Å². The molecule has 0 aliphatic carbocycles. The van der Waals surface area contributed by atoms with E-state index in [0.717, 1.165) is 0 Å². The van der Waals surface area contributed by atoms with E-state index < -0.39 is 4.92 Å². The van der Waals surface area contributed by atoms with E-state index in [4.69, 9.17) is 0 Å². The predicted octanol–water partition coefficient (Wildman–Crippen LogP) is -0.535. The molecule has 1 fully saturated rings. The first-order chi connectivity index (χ1) is 4.70. The minimum Gasteiger partial charge on any atom is -0.757 e. The number of hydrogen-bond acceptors (Lipinski definition) is 5. The molecule has 0 unspecified atom stereocenters. The van der Waals surface area contributed by atoms with Crippen molar-refractivity contribution < 1.29 is 4.92 Å². The van der Waals surface area contributed by atoms with Crippen LogP contribution in [0.2, 0.25) is 0 Å². The molecule has 6 heteroatoms. The summed E-state index contributed by atoms with van der Waals surface area (Å²) >= 11 is 0. The summed E-state index contributed by atoms with van der Waals surface area (Å²) in [7, 11) is 0. The molecule has 0 atom stereocenters. The van der Waals surface area contributed by atoms with Crippen molar-refractivity contribution in [3.63, 3.8) is 0 Å². The van der Waals surface area contributed by atoms with Crippen LogP contribution in [0.25, 0.3) is 0 Å². The fourth-order valence-electron chi connectivity index (χ4n) is 0.704. The molecule has 0 amide bonds. The fourth-order valence-corrected chi connectivity index (χ4v) is 0.704. The van der Waals surface area contributed by atoms with Crippen molar-refractivity contribution in [1.82, 2.24) is 10.4 Å². The largest absolute Gasteiger partial charge is 0.757 e. The molecule has 0 saturated carbocycles. The van der Waals surface area contributed by atoms with Gasteiger partial charge in [-0.05, 0) is 0 Å². The summed E-state index contributed by atoms with van der Waals surface area (Å²) in [6, 6.07) is 0. The minimum absolute atomic E-state index is 0.0324. The normalized spacial score (nSPS) is 21.3. The van der Waals surface area contributed by atoms with Gasteiger partial charge in [-0.1, -0.05) is 0 Å². The van der Waals surface area contributed by atoms with Crippen LogP contribution < -0.4 is 5.32 Å². The van der Waals surface area contributed by atoms with Gasteiger partial charge in [0.25, 0.3) is 6.20 Å². The molecule has 1 aliphatic heterocycles. The standard InChI is InChI=1S/C4H6N3O3/c8-6-2-1-5-4(6)3-7(9)10/h3,5H,1-2H2/q-1. The molecule has 6 nitrogen and oxygen atoms in total. The van der Waals surface area contributed by atoms with Gasteiger partial charge in [0.15, 0.2) is 5.82 Å². The number of hydrogen-bond donors (Lipinski definition) is 1. The lowest BCUT2D eigenvalue weighted by molar-refractivity contribution is -0.404. The van der Waals surface area contributed by atoms with Gasteiger partial charge in [0.05, 0.1) is 4.92 Å². The molecule has 0 bridgehead atoms. The Balaban J connectivity index is 2.62. The first-order valence-corrected chi connectivity index (χ1v) is 2.74. The second kappa shape index (κ2) is 2.53. The van der Waals surface area contributed by atoms with Gasteiger partial charge in [0, 0.05) is 13.1 Å². The number of nitrogens with zero attached hydrogens (tertiary/aromatic N) is 2. The Hall–Kier alpha value is -1.30. The van der Waals surface area contributed by atoms with Gasteiger partial charge in [-0.3, -0.25) is 10.1 Å². The second-order valence-corrected chi connectivity index (χ2v) is 1.83. The van der Waals surface area contributed by atoms with Crippen molar-refractivity contribution in [3.8, 4) is 0 Å². The van der Waals surface area contributed by atoms with E-state index in [1.54, 1.807) is 0 Å². The highest BCUT2D eigenvalue weighted by Crippen LogP contribution is 2.03. The number of nitro groups is 1. The van der Waals surface area contributed by atoms with E-state index in [1.165, 1.54) is 0 Å². The smallest absolute Gasteiger partial charge is 0.273 e. The summed E-state index contributed by atoms with van der Waals surface area (Å²) in [6.45, 7) is 0.753. The van der Waals surface area contributed by atoms with Crippen molar-refractivity contribution in [2.24, 2.45) is 0 Å². The van der Waals surface area contributed by atoms with Crippen molar-refractivity contribution in [2.45, 2.75) is 0 Å². The topological polar surface area (TPSA) is 81.5 Å². The number of hydroxylamine groups is 2. The van der Waals surface area contributed by atoms with E-state index in [1.807, 2.05) is 0 Å². The zero-order valence-electron chi connectivity index (χ0n) is 5.11. The highest BCUT2D eigenvalue weighted by molar-refractivity contribution is 5.00. The van der Waals surface area contributed by atoms with E-state index in [-0.39, 0.29) is 12.4 Å². The molecule has 1 saturated heterocycles. The fraction of sp³-hybridized carbons (Fsp3) is 0.500. The van der Waals surface area contributed by atoms with Crippen molar-refractivity contribution in [1.29, 1.82) is 0 Å². The van der Waals surface area contributed by atoms with Gasteiger partial charge >= 0.3 is 0 Å². The second-order valence-electron chi connectivity index (χ2n) is 1.83. The molecule has 0 spiro atoms. The van der Waals surface area contributed by atoms with Crippen LogP contribution in [0.3, 0.4) is 0 Å². The maximum atomic E-state index is 10.6. The third-order valence-corrected chi connectivity index (χ3v) is 1.12. The van der Waals surface area contributed by atoms with Crippen LogP contribution >= 0.6 is 0 Å². The minimum atomic E-state index is -0.654. The maximum absolute atomic E-state index is 10.6. The van der Waals surface area contributed by atoms with Crippen LogP contribution in [0.15, 0.2) is 12.0 Å². The molecule has 1 heterocycles. The zero-order chi connectivity index (χ0) is 7.56. The molecule has 1 N–H and O–H groups in total. The molecule has 0 aromatic carbocycles. The summed E-state index contributed by atoms with van der Waals surface area (Å²) in [5, 5.41) is 23.5.